The van der Waals surface area contributed by atoms with Crippen molar-refractivity contribution >= 4 is 16.6 Å². The van der Waals surface area contributed by atoms with E-state index in [2.05, 4.69) is 64.7 Å². The van der Waals surface area contributed by atoms with Crippen LogP contribution in [0.2, 0.25) is 0 Å². The van der Waals surface area contributed by atoms with E-state index < -0.39 is 5.60 Å². The molecule has 7 heteroatoms. The largest absolute Gasteiger partial charge is 0.493 e. The molecular weight excluding hydrogens is 476 g/mol. The molecule has 0 spiro atoms. The summed E-state index contributed by atoms with van der Waals surface area (Å²) < 4.78 is 13.2. The minimum absolute atomic E-state index is 0.658. The fraction of sp³-hybridized carbons (Fsp3) is 0.387. The number of fused-ring (bicyclic) bond motifs is 1. The molecule has 5 rings (SSSR count). The molecule has 0 unspecified atom stereocenters. The Kier molecular flexibility index (Phi) is 7.07. The Morgan fingerprint density at radius 1 is 0.895 bits per heavy atom. The predicted molar refractivity (Wildman–Crippen MR) is 154 cm³/mol. The van der Waals surface area contributed by atoms with Gasteiger partial charge in [-0.3, -0.25) is 9.88 Å². The van der Waals surface area contributed by atoms with Gasteiger partial charge in [0.1, 0.15) is 0 Å². The number of aryl methyl sites for hydroxylation is 1. The lowest BCUT2D eigenvalue weighted by molar-refractivity contribution is 0.0345. The lowest BCUT2D eigenvalue weighted by Gasteiger charge is -2.38. The summed E-state index contributed by atoms with van der Waals surface area (Å²) in [4.78, 5) is 9.57. The van der Waals surface area contributed by atoms with Crippen LogP contribution in [0.5, 0.6) is 11.5 Å². The van der Waals surface area contributed by atoms with E-state index in [9.17, 15) is 5.11 Å². The Bertz CT molecular complexity index is 1430. The van der Waals surface area contributed by atoms with Crippen LogP contribution < -0.4 is 14.4 Å². The van der Waals surface area contributed by atoms with Gasteiger partial charge in [-0.25, -0.2) is 0 Å². The van der Waals surface area contributed by atoms with Gasteiger partial charge in [0.2, 0.25) is 0 Å². The van der Waals surface area contributed by atoms with Gasteiger partial charge in [0.25, 0.3) is 0 Å². The zero-order chi connectivity index (χ0) is 27.0. The first-order valence-corrected chi connectivity index (χ1v) is 13.2. The summed E-state index contributed by atoms with van der Waals surface area (Å²) >= 11 is 0. The van der Waals surface area contributed by atoms with Crippen molar-refractivity contribution in [1.29, 1.82) is 0 Å². The quantitative estimate of drug-likeness (QED) is 0.369. The molecule has 0 atom stereocenters. The van der Waals surface area contributed by atoms with Crippen molar-refractivity contribution in [2.45, 2.75) is 26.4 Å². The monoisotopic (exact) mass is 514 g/mol. The molecule has 3 heterocycles. The molecule has 0 amide bonds. The predicted octanol–water partition coefficient (Wildman–Crippen LogP) is 5.13. The molecule has 1 N–H and O–H groups in total. The van der Waals surface area contributed by atoms with Crippen molar-refractivity contribution < 1.29 is 14.6 Å². The van der Waals surface area contributed by atoms with Crippen LogP contribution in [-0.4, -0.2) is 72.1 Å². The standard InChI is InChI=1S/C31H38N4O3/c1-21-30(23-9-12-28(37-5)29(17-23)38-6)25-18-26(32-19-27(25)33(21)4)22-7-10-24(11-8-22)35-15-13-34(14-16-35)20-31(2,3)36/h7-12,17-19,36H,13-16,20H2,1-6H3. The van der Waals surface area contributed by atoms with Gasteiger partial charge in [0.05, 0.1) is 37.2 Å². The molecule has 200 valence electrons. The third-order valence-corrected chi connectivity index (χ3v) is 7.56. The van der Waals surface area contributed by atoms with Gasteiger partial charge in [0, 0.05) is 67.7 Å². The summed E-state index contributed by atoms with van der Waals surface area (Å²) in [6.07, 6.45) is 1.97. The molecule has 1 saturated heterocycles. The van der Waals surface area contributed by atoms with Gasteiger partial charge in [-0.2, -0.15) is 0 Å². The van der Waals surface area contributed by atoms with Crippen LogP contribution in [-0.2, 0) is 7.05 Å². The minimum atomic E-state index is -0.658. The van der Waals surface area contributed by atoms with Crippen LogP contribution in [0.15, 0.2) is 54.7 Å². The summed E-state index contributed by atoms with van der Waals surface area (Å²) in [6, 6.07) is 17.0. The smallest absolute Gasteiger partial charge is 0.161 e. The van der Waals surface area contributed by atoms with Crippen molar-refractivity contribution in [1.82, 2.24) is 14.5 Å². The molecule has 7 nitrogen and oxygen atoms in total. The maximum atomic E-state index is 10.1. The van der Waals surface area contributed by atoms with Crippen molar-refractivity contribution in [3.63, 3.8) is 0 Å². The van der Waals surface area contributed by atoms with Crippen LogP contribution >= 0.6 is 0 Å². The van der Waals surface area contributed by atoms with E-state index in [0.29, 0.717) is 12.3 Å². The molecule has 4 aromatic rings. The maximum Gasteiger partial charge on any atom is 0.161 e. The fourth-order valence-corrected chi connectivity index (χ4v) is 5.53. The average Bonchev–Trinajstić information content (AvgIpc) is 3.17. The fourth-order valence-electron chi connectivity index (χ4n) is 5.53. The zero-order valence-electron chi connectivity index (χ0n) is 23.3. The topological polar surface area (TPSA) is 63.0 Å². The molecule has 1 aliphatic heterocycles. The molecule has 1 aliphatic rings. The summed E-state index contributed by atoms with van der Waals surface area (Å²) in [5.74, 6) is 1.43. The van der Waals surface area contributed by atoms with Crippen molar-refractivity contribution in [3.8, 4) is 33.9 Å². The van der Waals surface area contributed by atoms with E-state index >= 15 is 0 Å². The number of anilines is 1. The van der Waals surface area contributed by atoms with E-state index in [1.807, 2.05) is 32.2 Å². The number of aromatic nitrogens is 2. The van der Waals surface area contributed by atoms with E-state index in [4.69, 9.17) is 14.5 Å². The summed E-state index contributed by atoms with van der Waals surface area (Å²) in [5, 5.41) is 11.3. The third-order valence-electron chi connectivity index (χ3n) is 7.56. The Labute approximate surface area is 225 Å². The highest BCUT2D eigenvalue weighted by Crippen LogP contribution is 2.39. The van der Waals surface area contributed by atoms with Gasteiger partial charge < -0.3 is 24.0 Å². The van der Waals surface area contributed by atoms with E-state index in [1.165, 1.54) is 16.9 Å². The first-order valence-electron chi connectivity index (χ1n) is 13.2. The number of nitrogens with zero attached hydrogens (tertiary/aromatic N) is 4. The molecule has 1 fully saturated rings. The van der Waals surface area contributed by atoms with Gasteiger partial charge in [-0.15, -0.1) is 0 Å². The molecule has 0 radical (unpaired) electrons. The number of hydrogen-bond acceptors (Lipinski definition) is 6. The number of β-amino-alcohol motifs (C(OH)–C–C–N with tert-alkyl or cyclic N) is 1. The van der Waals surface area contributed by atoms with Crippen LogP contribution in [0.4, 0.5) is 5.69 Å². The number of pyridine rings is 1. The van der Waals surface area contributed by atoms with E-state index in [1.54, 1.807) is 14.2 Å². The number of methoxy groups -OCH3 is 2. The molecule has 0 bridgehead atoms. The SMILES string of the molecule is COc1ccc(-c2c(C)n(C)c3cnc(-c4ccc(N5CCN(CC(C)(C)O)CC5)cc4)cc23)cc1OC. The van der Waals surface area contributed by atoms with Gasteiger partial charge >= 0.3 is 0 Å². The lowest BCUT2D eigenvalue weighted by atomic mass is 10.0. The number of rotatable bonds is 7. The first-order chi connectivity index (χ1) is 18.2. The van der Waals surface area contributed by atoms with Crippen LogP contribution in [0.1, 0.15) is 19.5 Å². The van der Waals surface area contributed by atoms with Crippen LogP contribution in [0.25, 0.3) is 33.3 Å². The molecule has 0 aliphatic carbocycles. The molecule has 0 saturated carbocycles. The first kappa shape index (κ1) is 26.1. The second-order valence-corrected chi connectivity index (χ2v) is 10.8. The number of hydrogen-bond donors (Lipinski definition) is 1. The number of ether oxygens (including phenoxy) is 2. The van der Waals surface area contributed by atoms with Crippen molar-refractivity contribution in [3.05, 3.63) is 60.4 Å². The molecule has 2 aromatic heterocycles. The number of benzene rings is 2. The average molecular weight is 515 g/mol. The normalized spacial score (nSPS) is 14.8. The highest BCUT2D eigenvalue weighted by atomic mass is 16.5. The van der Waals surface area contributed by atoms with E-state index in [0.717, 1.165) is 59.7 Å². The van der Waals surface area contributed by atoms with Gasteiger partial charge in [-0.1, -0.05) is 18.2 Å². The number of aliphatic hydroxyl groups is 1. The second-order valence-electron chi connectivity index (χ2n) is 10.8. The second kappa shape index (κ2) is 10.3. The molecular formula is C31H38N4O3. The minimum Gasteiger partial charge on any atom is -0.493 e. The number of piperazine rings is 1. The summed E-state index contributed by atoms with van der Waals surface area (Å²) in [7, 11) is 5.40. The Morgan fingerprint density at radius 3 is 2.18 bits per heavy atom. The summed E-state index contributed by atoms with van der Waals surface area (Å²) in [5.41, 5.74) is 7.13. The van der Waals surface area contributed by atoms with Gasteiger partial charge in [-0.05, 0) is 56.7 Å². The Hall–Kier alpha value is -3.55. The van der Waals surface area contributed by atoms with Gasteiger partial charge in [0.15, 0.2) is 11.5 Å². The van der Waals surface area contributed by atoms with Crippen molar-refractivity contribution in [2.75, 3.05) is 51.8 Å². The summed E-state index contributed by atoms with van der Waals surface area (Å²) in [6.45, 7) is 10.4. The Morgan fingerprint density at radius 2 is 1.55 bits per heavy atom. The van der Waals surface area contributed by atoms with E-state index in [-0.39, 0.29) is 0 Å². The van der Waals surface area contributed by atoms with Crippen LogP contribution in [0, 0.1) is 6.92 Å². The Balaban J connectivity index is 1.42. The molecule has 2 aromatic carbocycles. The van der Waals surface area contributed by atoms with Crippen molar-refractivity contribution in [2.24, 2.45) is 7.05 Å². The molecule has 38 heavy (non-hydrogen) atoms. The highest BCUT2D eigenvalue weighted by Gasteiger charge is 2.23. The lowest BCUT2D eigenvalue weighted by Crippen LogP contribution is -2.50. The zero-order valence-corrected chi connectivity index (χ0v) is 23.3. The highest BCUT2D eigenvalue weighted by molar-refractivity contribution is 5.99. The third kappa shape index (κ3) is 5.08. The van der Waals surface area contributed by atoms with Crippen LogP contribution in [0.3, 0.4) is 0 Å². The maximum absolute atomic E-state index is 10.1.